The van der Waals surface area contributed by atoms with Crippen LogP contribution in [0.2, 0.25) is 5.02 Å². The fourth-order valence-electron chi connectivity index (χ4n) is 2.05. The number of likely N-dealkylation sites (N-methyl/N-ethyl adjacent to an activating group) is 1. The molecule has 0 aliphatic rings. The van der Waals surface area contributed by atoms with E-state index in [1.165, 1.54) is 6.33 Å². The molecule has 19 heavy (non-hydrogen) atoms. The Hall–Kier alpha value is -1.46. The summed E-state index contributed by atoms with van der Waals surface area (Å²) in [4.78, 5) is 4.21. The van der Waals surface area contributed by atoms with Gasteiger partial charge in [0.25, 0.3) is 0 Å². The molecule has 0 aliphatic carbocycles. The molecule has 0 amide bonds. The van der Waals surface area contributed by atoms with Crippen molar-refractivity contribution in [2.24, 2.45) is 0 Å². The number of aromatic nitrogens is 3. The van der Waals surface area contributed by atoms with Crippen molar-refractivity contribution in [2.75, 3.05) is 7.05 Å². The van der Waals surface area contributed by atoms with E-state index in [0.717, 1.165) is 12.4 Å². The third kappa shape index (κ3) is 2.93. The Balaban J connectivity index is 2.28. The van der Waals surface area contributed by atoms with Crippen molar-refractivity contribution >= 4 is 11.6 Å². The average Bonchev–Trinajstić information content (AvgIpc) is 2.87. The quantitative estimate of drug-likeness (QED) is 0.917. The van der Waals surface area contributed by atoms with Crippen LogP contribution in [-0.2, 0) is 13.0 Å². The van der Waals surface area contributed by atoms with Crippen LogP contribution in [0.15, 0.2) is 24.5 Å². The second-order valence-electron chi connectivity index (χ2n) is 4.18. The number of benzene rings is 1. The van der Waals surface area contributed by atoms with E-state index in [2.05, 4.69) is 15.4 Å². The molecular formula is C13H16ClFN4. The first-order valence-corrected chi connectivity index (χ1v) is 6.53. The first kappa shape index (κ1) is 14.0. The van der Waals surface area contributed by atoms with Crippen LogP contribution in [0.3, 0.4) is 0 Å². The molecule has 0 aliphatic heterocycles. The predicted octanol–water partition coefficient (Wildman–Crippen LogP) is 2.59. The van der Waals surface area contributed by atoms with E-state index >= 15 is 0 Å². The Morgan fingerprint density at radius 2 is 2.26 bits per heavy atom. The first-order chi connectivity index (χ1) is 9.17. The molecule has 1 unspecified atom stereocenters. The summed E-state index contributed by atoms with van der Waals surface area (Å²) in [5.41, 5.74) is 0.542. The maximum atomic E-state index is 14.0. The normalized spacial score (nSPS) is 12.6. The number of hydrogen-bond acceptors (Lipinski definition) is 3. The molecule has 102 valence electrons. The van der Waals surface area contributed by atoms with Gasteiger partial charge in [-0.2, -0.15) is 5.10 Å². The fraction of sp³-hybridized carbons (Fsp3) is 0.385. The summed E-state index contributed by atoms with van der Waals surface area (Å²) in [7, 11) is 1.79. The highest BCUT2D eigenvalue weighted by Gasteiger charge is 2.18. The summed E-state index contributed by atoms with van der Waals surface area (Å²) in [6.07, 6.45) is 2.07. The second kappa shape index (κ2) is 6.12. The highest BCUT2D eigenvalue weighted by atomic mass is 35.5. The molecule has 6 heteroatoms. The molecule has 0 fully saturated rings. The lowest BCUT2D eigenvalue weighted by Crippen LogP contribution is -2.22. The summed E-state index contributed by atoms with van der Waals surface area (Å²) < 4.78 is 15.8. The van der Waals surface area contributed by atoms with Crippen molar-refractivity contribution in [3.63, 3.8) is 0 Å². The summed E-state index contributed by atoms with van der Waals surface area (Å²) in [6.45, 7) is 2.73. The fourth-order valence-corrected chi connectivity index (χ4v) is 2.23. The number of nitrogens with zero attached hydrogens (tertiary/aromatic N) is 3. The molecule has 2 aromatic rings. The van der Waals surface area contributed by atoms with E-state index in [0.29, 0.717) is 12.0 Å². The molecule has 0 spiro atoms. The van der Waals surface area contributed by atoms with Crippen molar-refractivity contribution in [2.45, 2.75) is 25.9 Å². The smallest absolute Gasteiger partial charge is 0.146 e. The van der Waals surface area contributed by atoms with E-state index in [4.69, 9.17) is 11.6 Å². The minimum Gasteiger partial charge on any atom is -0.313 e. The van der Waals surface area contributed by atoms with Crippen LogP contribution in [0.5, 0.6) is 0 Å². The van der Waals surface area contributed by atoms with Gasteiger partial charge in [-0.25, -0.2) is 9.37 Å². The van der Waals surface area contributed by atoms with Crippen molar-refractivity contribution < 1.29 is 4.39 Å². The van der Waals surface area contributed by atoms with Gasteiger partial charge in [0.15, 0.2) is 0 Å². The number of aryl methyl sites for hydroxylation is 1. The molecule has 1 aromatic heterocycles. The summed E-state index contributed by atoms with van der Waals surface area (Å²) >= 11 is 5.82. The third-order valence-electron chi connectivity index (χ3n) is 3.09. The molecule has 0 saturated heterocycles. The van der Waals surface area contributed by atoms with Gasteiger partial charge in [-0.1, -0.05) is 23.7 Å². The molecule has 1 heterocycles. The molecule has 0 bridgehead atoms. The average molecular weight is 283 g/mol. The minimum atomic E-state index is -0.383. The molecule has 0 saturated carbocycles. The van der Waals surface area contributed by atoms with Gasteiger partial charge in [-0.3, -0.25) is 4.68 Å². The van der Waals surface area contributed by atoms with Crippen LogP contribution in [0.25, 0.3) is 0 Å². The number of rotatable bonds is 5. The van der Waals surface area contributed by atoms with Gasteiger partial charge in [-0.15, -0.1) is 0 Å². The van der Waals surface area contributed by atoms with Crippen molar-refractivity contribution in [1.29, 1.82) is 0 Å². The molecular weight excluding hydrogens is 267 g/mol. The van der Waals surface area contributed by atoms with Crippen LogP contribution in [0, 0.1) is 5.82 Å². The van der Waals surface area contributed by atoms with Gasteiger partial charge in [0, 0.05) is 24.6 Å². The summed E-state index contributed by atoms with van der Waals surface area (Å²) in [5, 5.41) is 7.34. The highest BCUT2D eigenvalue weighted by Crippen LogP contribution is 2.25. The van der Waals surface area contributed by atoms with Gasteiger partial charge >= 0.3 is 0 Å². The molecule has 0 radical (unpaired) electrons. The number of nitrogens with one attached hydrogen (secondary N) is 1. The molecule has 1 N–H and O–H groups in total. The van der Waals surface area contributed by atoms with E-state index in [1.807, 2.05) is 6.92 Å². The van der Waals surface area contributed by atoms with Gasteiger partial charge in [0.05, 0.1) is 5.02 Å². The van der Waals surface area contributed by atoms with Crippen molar-refractivity contribution in [1.82, 2.24) is 20.1 Å². The maximum absolute atomic E-state index is 14.0. The lowest BCUT2D eigenvalue weighted by atomic mass is 10.0. The van der Waals surface area contributed by atoms with E-state index in [1.54, 1.807) is 29.9 Å². The van der Waals surface area contributed by atoms with E-state index in [-0.39, 0.29) is 16.9 Å². The van der Waals surface area contributed by atoms with Crippen molar-refractivity contribution in [3.8, 4) is 0 Å². The Labute approximate surface area is 116 Å². The van der Waals surface area contributed by atoms with Crippen LogP contribution in [0.4, 0.5) is 4.39 Å². The zero-order chi connectivity index (χ0) is 13.8. The van der Waals surface area contributed by atoms with Crippen LogP contribution >= 0.6 is 11.6 Å². The van der Waals surface area contributed by atoms with Crippen LogP contribution in [-0.4, -0.2) is 21.8 Å². The van der Waals surface area contributed by atoms with Crippen LogP contribution < -0.4 is 5.32 Å². The Morgan fingerprint density at radius 1 is 1.47 bits per heavy atom. The summed E-state index contributed by atoms with van der Waals surface area (Å²) in [6, 6.07) is 4.83. The molecule has 2 rings (SSSR count). The molecule has 1 aromatic carbocycles. The van der Waals surface area contributed by atoms with Crippen molar-refractivity contribution in [3.05, 3.63) is 46.8 Å². The monoisotopic (exact) mass is 282 g/mol. The zero-order valence-corrected chi connectivity index (χ0v) is 11.7. The van der Waals surface area contributed by atoms with Gasteiger partial charge in [0.1, 0.15) is 18.0 Å². The van der Waals surface area contributed by atoms with Gasteiger partial charge in [0.2, 0.25) is 0 Å². The third-order valence-corrected chi connectivity index (χ3v) is 3.38. The van der Waals surface area contributed by atoms with Gasteiger partial charge in [-0.05, 0) is 20.0 Å². The largest absolute Gasteiger partial charge is 0.313 e. The Kier molecular flexibility index (Phi) is 4.50. The second-order valence-corrected chi connectivity index (χ2v) is 4.59. The van der Waals surface area contributed by atoms with Gasteiger partial charge < -0.3 is 5.32 Å². The highest BCUT2D eigenvalue weighted by molar-refractivity contribution is 6.30. The topological polar surface area (TPSA) is 42.7 Å². The lowest BCUT2D eigenvalue weighted by Gasteiger charge is -2.17. The summed E-state index contributed by atoms with van der Waals surface area (Å²) in [5.74, 6) is 0.437. The first-order valence-electron chi connectivity index (χ1n) is 6.15. The Morgan fingerprint density at radius 3 is 2.95 bits per heavy atom. The lowest BCUT2D eigenvalue weighted by molar-refractivity contribution is 0.505. The molecule has 4 nitrogen and oxygen atoms in total. The van der Waals surface area contributed by atoms with E-state index < -0.39 is 0 Å². The predicted molar refractivity (Wildman–Crippen MR) is 72.6 cm³/mol. The van der Waals surface area contributed by atoms with E-state index in [9.17, 15) is 4.39 Å². The SMILES string of the molecule is CCn1ncnc1CC(NC)c1cccc(Cl)c1F. The zero-order valence-electron chi connectivity index (χ0n) is 10.9. The maximum Gasteiger partial charge on any atom is 0.146 e. The standard InChI is InChI=1S/C13H16ClFN4/c1-3-19-12(17-8-18-19)7-11(16-2)9-5-4-6-10(14)13(9)15/h4-6,8,11,16H,3,7H2,1-2H3. The Bertz CT molecular complexity index is 555. The number of halogens is 2. The minimum absolute atomic E-state index is 0.134. The van der Waals surface area contributed by atoms with Crippen LogP contribution in [0.1, 0.15) is 24.4 Å². The number of hydrogen-bond donors (Lipinski definition) is 1. The molecule has 1 atom stereocenters.